The molecule has 2 rings (SSSR count). The van der Waals surface area contributed by atoms with E-state index < -0.39 is 17.8 Å². The summed E-state index contributed by atoms with van der Waals surface area (Å²) in [5, 5.41) is 14.1. The van der Waals surface area contributed by atoms with Gasteiger partial charge in [-0.2, -0.15) is 0 Å². The van der Waals surface area contributed by atoms with Crippen molar-refractivity contribution in [1.82, 2.24) is 0 Å². The van der Waals surface area contributed by atoms with E-state index in [1.165, 1.54) is 0 Å². The van der Waals surface area contributed by atoms with Gasteiger partial charge in [-0.1, -0.05) is 31.0 Å². The monoisotopic (exact) mass is 274 g/mol. The van der Waals surface area contributed by atoms with E-state index >= 15 is 0 Å². The van der Waals surface area contributed by atoms with Crippen LogP contribution in [0.1, 0.15) is 36.8 Å². The molecule has 1 fully saturated rings. The molecular weight excluding hydrogens is 254 g/mol. The molecule has 0 unspecified atom stereocenters. The lowest BCUT2D eigenvalue weighted by atomic mass is 9.78. The van der Waals surface area contributed by atoms with E-state index in [2.05, 4.69) is 5.32 Å². The van der Waals surface area contributed by atoms with Crippen LogP contribution in [0.2, 0.25) is 0 Å². The zero-order valence-electron chi connectivity index (χ0n) is 11.9. The van der Waals surface area contributed by atoms with Crippen molar-refractivity contribution in [2.45, 2.75) is 39.5 Å². The quantitative estimate of drug-likeness (QED) is 0.913. The summed E-state index contributed by atoms with van der Waals surface area (Å²) in [5.41, 5.74) is 2.76. The average molecular weight is 274 g/mol. The van der Waals surface area contributed by atoms with E-state index in [4.69, 9.17) is 0 Å². The lowest BCUT2D eigenvalue weighted by molar-refractivity contribution is -0.313. The van der Waals surface area contributed by atoms with Crippen molar-refractivity contribution >= 4 is 17.6 Å². The molecule has 0 bridgehead atoms. The van der Waals surface area contributed by atoms with Crippen LogP contribution in [0.5, 0.6) is 0 Å². The number of aliphatic carboxylic acids is 1. The first kappa shape index (κ1) is 14.6. The topological polar surface area (TPSA) is 69.2 Å². The molecular formula is C16H20NO3-. The van der Waals surface area contributed by atoms with Gasteiger partial charge in [0.1, 0.15) is 0 Å². The van der Waals surface area contributed by atoms with Crippen LogP contribution in [0.15, 0.2) is 18.2 Å². The molecule has 1 aromatic rings. The van der Waals surface area contributed by atoms with Gasteiger partial charge in [0.05, 0.1) is 0 Å². The minimum atomic E-state index is -1.11. The zero-order chi connectivity index (χ0) is 14.7. The molecule has 20 heavy (non-hydrogen) atoms. The minimum absolute atomic E-state index is 0.198. The molecule has 0 aliphatic heterocycles. The van der Waals surface area contributed by atoms with Crippen LogP contribution in [0.3, 0.4) is 0 Å². The SMILES string of the molecule is Cc1cccc(C)c1NC(=O)[C@@H]1CCCC[C@@H]1C(=O)[O-]. The van der Waals surface area contributed by atoms with Crippen LogP contribution >= 0.6 is 0 Å². The second kappa shape index (κ2) is 6.07. The molecule has 0 saturated heterocycles. The first-order valence-corrected chi connectivity index (χ1v) is 7.08. The van der Waals surface area contributed by atoms with Crippen molar-refractivity contribution in [1.29, 1.82) is 0 Å². The van der Waals surface area contributed by atoms with Crippen LogP contribution in [-0.4, -0.2) is 11.9 Å². The molecule has 1 N–H and O–H groups in total. The Kier molecular flexibility index (Phi) is 4.42. The molecule has 1 saturated carbocycles. The number of anilines is 1. The van der Waals surface area contributed by atoms with Crippen LogP contribution in [0.4, 0.5) is 5.69 Å². The molecule has 0 aromatic heterocycles. The minimum Gasteiger partial charge on any atom is -0.550 e. The number of hydrogen-bond acceptors (Lipinski definition) is 3. The Morgan fingerprint density at radius 2 is 1.65 bits per heavy atom. The highest BCUT2D eigenvalue weighted by atomic mass is 16.4. The van der Waals surface area contributed by atoms with E-state index in [0.29, 0.717) is 12.8 Å². The summed E-state index contributed by atoms with van der Waals surface area (Å²) in [5.74, 6) is -2.44. The molecule has 1 aromatic carbocycles. The first-order valence-electron chi connectivity index (χ1n) is 7.08. The van der Waals surface area contributed by atoms with Gasteiger partial charge in [0, 0.05) is 23.5 Å². The number of carbonyl (C=O) groups excluding carboxylic acids is 2. The standard InChI is InChI=1S/C16H21NO3/c1-10-6-5-7-11(2)14(10)17-15(18)12-8-3-4-9-13(12)16(19)20/h5-7,12-13H,3-4,8-9H2,1-2H3,(H,17,18)(H,19,20)/p-1/t12-,13+/m1/s1. The Balaban J connectivity index is 2.16. The molecule has 2 atom stereocenters. The van der Waals surface area contributed by atoms with Crippen molar-refractivity contribution < 1.29 is 14.7 Å². The van der Waals surface area contributed by atoms with Crippen molar-refractivity contribution in [3.63, 3.8) is 0 Å². The Bertz CT molecular complexity index is 504. The second-order valence-corrected chi connectivity index (χ2v) is 5.57. The summed E-state index contributed by atoms with van der Waals surface area (Å²) in [6.07, 6.45) is 2.91. The van der Waals surface area contributed by atoms with Crippen LogP contribution < -0.4 is 10.4 Å². The second-order valence-electron chi connectivity index (χ2n) is 5.57. The molecule has 0 heterocycles. The first-order chi connectivity index (χ1) is 9.50. The van der Waals surface area contributed by atoms with Crippen LogP contribution in [0, 0.1) is 25.7 Å². The number of carboxylic acids is 1. The maximum atomic E-state index is 12.4. The smallest absolute Gasteiger partial charge is 0.228 e. The maximum absolute atomic E-state index is 12.4. The van der Waals surface area contributed by atoms with Crippen LogP contribution in [-0.2, 0) is 9.59 Å². The number of aryl methyl sites for hydroxylation is 2. The van der Waals surface area contributed by atoms with Gasteiger partial charge < -0.3 is 15.2 Å². The molecule has 1 amide bonds. The Morgan fingerprint density at radius 3 is 2.20 bits per heavy atom. The summed E-state index contributed by atoms with van der Waals surface area (Å²) in [6.45, 7) is 3.86. The van der Waals surface area contributed by atoms with Gasteiger partial charge in [0.25, 0.3) is 0 Å². The largest absolute Gasteiger partial charge is 0.550 e. The number of benzene rings is 1. The highest BCUT2D eigenvalue weighted by molar-refractivity contribution is 5.96. The van der Waals surface area contributed by atoms with Gasteiger partial charge >= 0.3 is 0 Å². The number of carbonyl (C=O) groups is 2. The van der Waals surface area contributed by atoms with Crippen molar-refractivity contribution in [3.8, 4) is 0 Å². The fraction of sp³-hybridized carbons (Fsp3) is 0.500. The predicted octanol–water partition coefficient (Wildman–Crippen LogP) is 1.80. The molecule has 0 radical (unpaired) electrons. The summed E-state index contributed by atoms with van der Waals surface area (Å²) in [7, 11) is 0. The van der Waals surface area contributed by atoms with Gasteiger partial charge in [0.15, 0.2) is 0 Å². The van der Waals surface area contributed by atoms with Gasteiger partial charge in [-0.3, -0.25) is 4.79 Å². The molecule has 1 aliphatic carbocycles. The van der Waals surface area contributed by atoms with Gasteiger partial charge in [-0.05, 0) is 37.8 Å². The van der Waals surface area contributed by atoms with E-state index in [9.17, 15) is 14.7 Å². The van der Waals surface area contributed by atoms with E-state index in [0.717, 1.165) is 29.7 Å². The summed E-state index contributed by atoms with van der Waals surface area (Å²) >= 11 is 0. The summed E-state index contributed by atoms with van der Waals surface area (Å²) < 4.78 is 0. The van der Waals surface area contributed by atoms with Crippen molar-refractivity contribution in [3.05, 3.63) is 29.3 Å². The third-order valence-corrected chi connectivity index (χ3v) is 4.13. The molecule has 4 heteroatoms. The third kappa shape index (κ3) is 3.00. The highest BCUT2D eigenvalue weighted by Crippen LogP contribution is 2.31. The number of amides is 1. The molecule has 0 spiro atoms. The Morgan fingerprint density at radius 1 is 1.10 bits per heavy atom. The number of hydrogen-bond donors (Lipinski definition) is 1. The molecule has 4 nitrogen and oxygen atoms in total. The maximum Gasteiger partial charge on any atom is 0.228 e. The molecule has 1 aliphatic rings. The number of rotatable bonds is 3. The predicted molar refractivity (Wildman–Crippen MR) is 75.0 cm³/mol. The number of para-hydroxylation sites is 1. The lowest BCUT2D eigenvalue weighted by Gasteiger charge is -2.31. The van der Waals surface area contributed by atoms with Gasteiger partial charge in [-0.15, -0.1) is 0 Å². The van der Waals surface area contributed by atoms with Crippen molar-refractivity contribution in [2.75, 3.05) is 5.32 Å². The van der Waals surface area contributed by atoms with E-state index in [1.807, 2.05) is 32.0 Å². The number of carboxylic acid groups (broad SMARTS) is 1. The third-order valence-electron chi connectivity index (χ3n) is 4.13. The number of nitrogens with one attached hydrogen (secondary N) is 1. The lowest BCUT2D eigenvalue weighted by Crippen LogP contribution is -2.42. The summed E-state index contributed by atoms with van der Waals surface area (Å²) in [4.78, 5) is 23.5. The zero-order valence-corrected chi connectivity index (χ0v) is 11.9. The summed E-state index contributed by atoms with van der Waals surface area (Å²) in [6, 6.07) is 5.80. The van der Waals surface area contributed by atoms with E-state index in [1.54, 1.807) is 0 Å². The normalized spacial score (nSPS) is 22.3. The van der Waals surface area contributed by atoms with Gasteiger partial charge in [-0.25, -0.2) is 0 Å². The van der Waals surface area contributed by atoms with Crippen LogP contribution in [0.25, 0.3) is 0 Å². The Hall–Kier alpha value is -1.84. The average Bonchev–Trinajstić information content (AvgIpc) is 2.43. The van der Waals surface area contributed by atoms with Crippen molar-refractivity contribution in [2.24, 2.45) is 11.8 Å². The fourth-order valence-electron chi connectivity index (χ4n) is 2.95. The van der Waals surface area contributed by atoms with E-state index in [-0.39, 0.29) is 5.91 Å². The Labute approximate surface area is 119 Å². The fourth-order valence-corrected chi connectivity index (χ4v) is 2.95. The van der Waals surface area contributed by atoms with Gasteiger partial charge in [0.2, 0.25) is 5.91 Å². The molecule has 108 valence electrons. The highest BCUT2D eigenvalue weighted by Gasteiger charge is 2.32.